The molecule has 1 aliphatic heterocycles. The maximum Gasteiger partial charge on any atom is 0.222 e. The van der Waals surface area contributed by atoms with Crippen molar-refractivity contribution in [3.05, 3.63) is 45.6 Å². The SMILES string of the molecule is COc1cc2c(c(OC)c1OC)-c1ccc(NCCCC(=O)N3CC[C@@]4(O)CCCC[C@H]4C3)c(=O)cc1[C@@H](NC(C)=O)CC2. The molecule has 1 saturated carbocycles. The summed E-state index contributed by atoms with van der Waals surface area (Å²) in [6.45, 7) is 3.15. The van der Waals surface area contributed by atoms with Crippen LogP contribution in [-0.4, -0.2) is 68.4 Å². The highest BCUT2D eigenvalue weighted by Crippen LogP contribution is 2.50. The predicted molar refractivity (Wildman–Crippen MR) is 169 cm³/mol. The smallest absolute Gasteiger partial charge is 0.222 e. The van der Waals surface area contributed by atoms with E-state index in [2.05, 4.69) is 10.6 Å². The van der Waals surface area contributed by atoms with E-state index in [1.165, 1.54) is 6.92 Å². The molecular weight excluding hydrogens is 562 g/mol. The van der Waals surface area contributed by atoms with Crippen LogP contribution in [-0.2, 0) is 16.0 Å². The van der Waals surface area contributed by atoms with Crippen molar-refractivity contribution in [2.24, 2.45) is 5.92 Å². The van der Waals surface area contributed by atoms with Crippen LogP contribution in [0.3, 0.4) is 0 Å². The molecule has 0 bridgehead atoms. The highest BCUT2D eigenvalue weighted by Gasteiger charge is 2.43. The van der Waals surface area contributed by atoms with Crippen LogP contribution in [0, 0.1) is 5.92 Å². The van der Waals surface area contributed by atoms with Gasteiger partial charge in [-0.25, -0.2) is 0 Å². The van der Waals surface area contributed by atoms with Crippen LogP contribution < -0.4 is 30.3 Å². The lowest BCUT2D eigenvalue weighted by Crippen LogP contribution is -2.54. The summed E-state index contributed by atoms with van der Waals surface area (Å²) in [6, 6.07) is 6.78. The summed E-state index contributed by atoms with van der Waals surface area (Å²) in [5.41, 5.74) is 2.83. The fourth-order valence-corrected chi connectivity index (χ4v) is 7.27. The van der Waals surface area contributed by atoms with Gasteiger partial charge in [-0.05, 0) is 73.4 Å². The Morgan fingerprint density at radius 3 is 2.57 bits per heavy atom. The number of amides is 2. The zero-order chi connectivity index (χ0) is 31.4. The van der Waals surface area contributed by atoms with Gasteiger partial charge in [-0.3, -0.25) is 14.4 Å². The Morgan fingerprint density at radius 1 is 1.05 bits per heavy atom. The Morgan fingerprint density at radius 2 is 1.84 bits per heavy atom. The van der Waals surface area contributed by atoms with Gasteiger partial charge in [0.1, 0.15) is 0 Å². The van der Waals surface area contributed by atoms with E-state index in [9.17, 15) is 19.5 Å². The van der Waals surface area contributed by atoms with Crippen LogP contribution in [0.1, 0.15) is 75.5 Å². The van der Waals surface area contributed by atoms with Gasteiger partial charge in [-0.2, -0.15) is 0 Å². The van der Waals surface area contributed by atoms with E-state index in [0.29, 0.717) is 80.2 Å². The van der Waals surface area contributed by atoms with Crippen molar-refractivity contribution in [3.63, 3.8) is 0 Å². The van der Waals surface area contributed by atoms with Gasteiger partial charge in [0.2, 0.25) is 23.0 Å². The van der Waals surface area contributed by atoms with Crippen molar-refractivity contribution >= 4 is 17.5 Å². The molecule has 10 heteroatoms. The quantitative estimate of drug-likeness (QED) is 0.362. The number of hydrogen-bond donors (Lipinski definition) is 3. The number of methoxy groups -OCH3 is 3. The van der Waals surface area contributed by atoms with Crippen LogP contribution in [0.4, 0.5) is 5.69 Å². The number of aliphatic hydroxyl groups is 1. The number of nitrogens with zero attached hydrogens (tertiary/aromatic N) is 1. The molecule has 2 aromatic carbocycles. The molecule has 0 spiro atoms. The fourth-order valence-electron chi connectivity index (χ4n) is 7.27. The van der Waals surface area contributed by atoms with Crippen LogP contribution >= 0.6 is 0 Å². The van der Waals surface area contributed by atoms with E-state index in [4.69, 9.17) is 14.2 Å². The summed E-state index contributed by atoms with van der Waals surface area (Å²) in [4.78, 5) is 40.6. The minimum absolute atomic E-state index is 0.0957. The Balaban J connectivity index is 1.36. The normalized spacial score (nSPS) is 22.4. The van der Waals surface area contributed by atoms with E-state index in [1.54, 1.807) is 33.5 Å². The van der Waals surface area contributed by atoms with Gasteiger partial charge in [0.05, 0.1) is 38.7 Å². The molecule has 3 N–H and O–H groups in total. The van der Waals surface area contributed by atoms with Crippen molar-refractivity contribution in [2.75, 3.05) is 46.3 Å². The number of ether oxygens (including phenoxy) is 3. The van der Waals surface area contributed by atoms with Crippen LogP contribution in [0.5, 0.6) is 17.2 Å². The lowest BCUT2D eigenvalue weighted by Gasteiger charge is -2.47. The molecule has 2 aromatic rings. The second kappa shape index (κ2) is 13.5. The Hall–Kier alpha value is -3.79. The monoisotopic (exact) mass is 607 g/mol. The Bertz CT molecular complexity index is 1460. The summed E-state index contributed by atoms with van der Waals surface area (Å²) in [5, 5.41) is 17.2. The van der Waals surface area contributed by atoms with Gasteiger partial charge in [0.15, 0.2) is 11.5 Å². The van der Waals surface area contributed by atoms with Crippen molar-refractivity contribution in [1.82, 2.24) is 10.2 Å². The predicted octanol–water partition coefficient (Wildman–Crippen LogP) is 4.21. The van der Waals surface area contributed by atoms with E-state index in [1.807, 2.05) is 17.0 Å². The molecule has 2 amide bonds. The summed E-state index contributed by atoms with van der Waals surface area (Å²) in [7, 11) is 4.70. The molecule has 1 heterocycles. The fraction of sp³-hybridized carbons (Fsp3) is 0.559. The van der Waals surface area contributed by atoms with Crippen molar-refractivity contribution in [3.8, 4) is 28.4 Å². The molecule has 3 aliphatic rings. The maximum absolute atomic E-state index is 13.5. The molecule has 2 aliphatic carbocycles. The summed E-state index contributed by atoms with van der Waals surface area (Å²) in [5.74, 6) is 1.58. The van der Waals surface area contributed by atoms with Gasteiger partial charge in [-0.1, -0.05) is 18.9 Å². The van der Waals surface area contributed by atoms with Gasteiger partial charge < -0.3 is 34.9 Å². The van der Waals surface area contributed by atoms with Crippen LogP contribution in [0.25, 0.3) is 11.1 Å². The molecular formula is C34H45N3O7. The standard InChI is InChI=1S/C34H45N3O7/c1-21(38)36-26-12-10-22-18-29(42-2)32(43-3)33(44-4)31(22)24-11-13-27(28(39)19-25(24)26)35-16-7-9-30(40)37-17-15-34(41)14-6-5-8-23(34)20-37/h11,13,18-19,23,26,41H,5-10,12,14-17,20H2,1-4H3,(H,35,39)(H,36,38)/t23-,26-,34-/m0/s1. The van der Waals surface area contributed by atoms with Gasteiger partial charge in [0, 0.05) is 44.5 Å². The molecule has 238 valence electrons. The number of likely N-dealkylation sites (tertiary alicyclic amines) is 1. The number of benzene rings is 1. The van der Waals surface area contributed by atoms with Crippen molar-refractivity contribution < 1.29 is 28.9 Å². The van der Waals surface area contributed by atoms with Gasteiger partial charge in [-0.15, -0.1) is 0 Å². The molecule has 0 aromatic heterocycles. The molecule has 0 unspecified atom stereocenters. The van der Waals surface area contributed by atoms with Crippen molar-refractivity contribution in [2.45, 2.75) is 76.4 Å². The third-order valence-corrected chi connectivity index (χ3v) is 9.58. The molecule has 44 heavy (non-hydrogen) atoms. The minimum atomic E-state index is -0.608. The van der Waals surface area contributed by atoms with E-state index < -0.39 is 5.60 Å². The van der Waals surface area contributed by atoms with Crippen molar-refractivity contribution in [1.29, 1.82) is 0 Å². The second-order valence-electron chi connectivity index (χ2n) is 12.3. The van der Waals surface area contributed by atoms with Crippen LogP contribution in [0.2, 0.25) is 0 Å². The number of aryl methyl sites for hydroxylation is 1. The molecule has 5 rings (SSSR count). The Labute approximate surface area is 259 Å². The third kappa shape index (κ3) is 6.36. The minimum Gasteiger partial charge on any atom is -0.493 e. The summed E-state index contributed by atoms with van der Waals surface area (Å²) >= 11 is 0. The third-order valence-electron chi connectivity index (χ3n) is 9.58. The Kier molecular flexibility index (Phi) is 9.68. The molecule has 1 saturated heterocycles. The summed E-state index contributed by atoms with van der Waals surface area (Å²) in [6.07, 6.45) is 6.79. The zero-order valence-corrected chi connectivity index (χ0v) is 26.3. The van der Waals surface area contributed by atoms with E-state index in [-0.39, 0.29) is 29.2 Å². The number of carbonyl (C=O) groups excluding carboxylic acids is 2. The van der Waals surface area contributed by atoms with Gasteiger partial charge in [0.25, 0.3) is 0 Å². The van der Waals surface area contributed by atoms with Crippen LogP contribution in [0.15, 0.2) is 29.1 Å². The largest absolute Gasteiger partial charge is 0.493 e. The average molecular weight is 608 g/mol. The zero-order valence-electron chi connectivity index (χ0n) is 26.3. The average Bonchev–Trinajstić information content (AvgIpc) is 3.25. The number of rotatable bonds is 9. The highest BCUT2D eigenvalue weighted by atomic mass is 16.5. The van der Waals surface area contributed by atoms with E-state index in [0.717, 1.165) is 42.4 Å². The summed E-state index contributed by atoms with van der Waals surface area (Å²) < 4.78 is 17.1. The lowest BCUT2D eigenvalue weighted by molar-refractivity contribution is -0.143. The number of hydrogen-bond acceptors (Lipinski definition) is 8. The first kappa shape index (κ1) is 31.6. The number of carbonyl (C=O) groups is 2. The van der Waals surface area contributed by atoms with Gasteiger partial charge >= 0.3 is 0 Å². The number of nitrogens with one attached hydrogen (secondary N) is 2. The topological polar surface area (TPSA) is 126 Å². The molecule has 2 fully saturated rings. The number of anilines is 1. The van der Waals surface area contributed by atoms with E-state index >= 15 is 0 Å². The molecule has 10 nitrogen and oxygen atoms in total. The number of piperidine rings is 1. The first-order valence-corrected chi connectivity index (χ1v) is 15.7. The number of fused-ring (bicyclic) bond motifs is 4. The first-order valence-electron chi connectivity index (χ1n) is 15.7. The molecule has 3 atom stereocenters. The second-order valence-corrected chi connectivity index (χ2v) is 12.3. The highest BCUT2D eigenvalue weighted by molar-refractivity contribution is 5.84. The lowest BCUT2D eigenvalue weighted by atomic mass is 9.71. The first-order chi connectivity index (χ1) is 21.2. The maximum atomic E-state index is 13.5. The molecule has 0 radical (unpaired) electrons.